The maximum atomic E-state index is 12.9. The lowest BCUT2D eigenvalue weighted by Crippen LogP contribution is -2.51. The van der Waals surface area contributed by atoms with Crippen molar-refractivity contribution in [1.82, 2.24) is 0 Å². The van der Waals surface area contributed by atoms with Crippen molar-refractivity contribution < 1.29 is 40.2 Å². The molecule has 1 fully saturated rings. The first-order valence-corrected chi connectivity index (χ1v) is 6.09. The zero-order valence-electron chi connectivity index (χ0n) is 10.5. The Bertz CT molecular complexity index is 298. The van der Waals surface area contributed by atoms with Crippen molar-refractivity contribution in [2.24, 2.45) is 0 Å². The summed E-state index contributed by atoms with van der Waals surface area (Å²) in [6.07, 6.45) is -7.01. The monoisotopic (exact) mass is 312 g/mol. The molecule has 1 rings (SSSR count). The summed E-state index contributed by atoms with van der Waals surface area (Å²) in [5.74, 6) is -11.2. The summed E-state index contributed by atoms with van der Waals surface area (Å²) in [5, 5.41) is 0. The molecule has 0 aromatic heterocycles. The quantitative estimate of drug-likeness (QED) is 0.526. The lowest BCUT2D eigenvalue weighted by Gasteiger charge is -2.28. The van der Waals surface area contributed by atoms with E-state index in [0.29, 0.717) is 6.61 Å². The first kappa shape index (κ1) is 17.5. The van der Waals surface area contributed by atoms with Gasteiger partial charge in [-0.25, -0.2) is 0 Å². The molecule has 2 nitrogen and oxygen atoms in total. The van der Waals surface area contributed by atoms with Gasteiger partial charge in [0.05, 0.1) is 12.7 Å². The van der Waals surface area contributed by atoms with Crippen molar-refractivity contribution in [3.05, 3.63) is 0 Å². The van der Waals surface area contributed by atoms with E-state index in [9.17, 15) is 30.7 Å². The number of halogens is 7. The van der Waals surface area contributed by atoms with Crippen LogP contribution in [0.15, 0.2) is 0 Å². The van der Waals surface area contributed by atoms with Crippen LogP contribution in [0.2, 0.25) is 0 Å². The summed E-state index contributed by atoms with van der Waals surface area (Å²) in [6.45, 7) is 0.383. The molecule has 0 radical (unpaired) electrons. The minimum atomic E-state index is -6.27. The van der Waals surface area contributed by atoms with Crippen molar-refractivity contribution >= 4 is 0 Å². The normalized spacial score (nSPS) is 21.4. The maximum absolute atomic E-state index is 12.9. The van der Waals surface area contributed by atoms with Gasteiger partial charge in [0, 0.05) is 19.6 Å². The molecule has 1 aliphatic rings. The van der Waals surface area contributed by atoms with Gasteiger partial charge in [0.2, 0.25) is 0 Å². The fraction of sp³-hybridized carbons (Fsp3) is 1.00. The molecule has 1 heterocycles. The maximum Gasteiger partial charge on any atom is 0.459 e. The Morgan fingerprint density at radius 3 is 2.20 bits per heavy atom. The minimum Gasteiger partial charge on any atom is -0.379 e. The Morgan fingerprint density at radius 1 is 1.05 bits per heavy atom. The van der Waals surface area contributed by atoms with E-state index in [0.717, 1.165) is 12.8 Å². The van der Waals surface area contributed by atoms with E-state index in [1.807, 2.05) is 0 Å². The zero-order valence-corrected chi connectivity index (χ0v) is 10.5. The van der Waals surface area contributed by atoms with Crippen molar-refractivity contribution in [2.75, 3.05) is 19.8 Å². The summed E-state index contributed by atoms with van der Waals surface area (Å²) in [5.41, 5.74) is 0. The van der Waals surface area contributed by atoms with E-state index in [4.69, 9.17) is 9.47 Å². The second-order valence-electron chi connectivity index (χ2n) is 4.59. The van der Waals surface area contributed by atoms with Crippen molar-refractivity contribution in [3.63, 3.8) is 0 Å². The molecule has 0 bridgehead atoms. The van der Waals surface area contributed by atoms with Crippen LogP contribution < -0.4 is 0 Å². The van der Waals surface area contributed by atoms with Gasteiger partial charge in [-0.2, -0.15) is 30.7 Å². The Hall–Kier alpha value is -0.570. The van der Waals surface area contributed by atoms with Crippen LogP contribution in [0.4, 0.5) is 30.7 Å². The third kappa shape index (κ3) is 4.21. The second kappa shape index (κ2) is 6.46. The van der Waals surface area contributed by atoms with E-state index in [-0.39, 0.29) is 19.3 Å². The molecule has 1 unspecified atom stereocenters. The van der Waals surface area contributed by atoms with E-state index in [1.54, 1.807) is 0 Å². The van der Waals surface area contributed by atoms with Gasteiger partial charge in [-0.15, -0.1) is 0 Å². The lowest BCUT2D eigenvalue weighted by molar-refractivity contribution is -0.355. The zero-order chi connectivity index (χ0) is 15.4. The largest absolute Gasteiger partial charge is 0.459 e. The van der Waals surface area contributed by atoms with Crippen LogP contribution in [0.25, 0.3) is 0 Å². The average Bonchev–Trinajstić information content (AvgIpc) is 2.79. The molecular formula is C11H15F7O2. The van der Waals surface area contributed by atoms with Crippen LogP contribution in [-0.4, -0.2) is 43.9 Å². The molecule has 0 aliphatic carbocycles. The molecular weight excluding hydrogens is 297 g/mol. The van der Waals surface area contributed by atoms with Crippen LogP contribution in [-0.2, 0) is 9.47 Å². The molecule has 20 heavy (non-hydrogen) atoms. The van der Waals surface area contributed by atoms with E-state index in [2.05, 4.69) is 0 Å². The Balaban J connectivity index is 2.28. The average molecular weight is 312 g/mol. The molecule has 1 atom stereocenters. The highest BCUT2D eigenvalue weighted by Gasteiger charge is 2.72. The fourth-order valence-corrected chi connectivity index (χ4v) is 1.75. The smallest absolute Gasteiger partial charge is 0.379 e. The van der Waals surface area contributed by atoms with Gasteiger partial charge in [0.25, 0.3) is 0 Å². The van der Waals surface area contributed by atoms with Crippen molar-refractivity contribution in [2.45, 2.75) is 49.8 Å². The molecule has 9 heteroatoms. The summed E-state index contributed by atoms with van der Waals surface area (Å²) < 4.78 is 96.4. The topological polar surface area (TPSA) is 18.5 Å². The standard InChI is InChI=1S/C11H15F7O2/c12-9(13,10(14,15)11(16,17)18)4-2-5-19-7-8-3-1-6-20-8/h8H,1-7H2. The van der Waals surface area contributed by atoms with Crippen LogP contribution >= 0.6 is 0 Å². The summed E-state index contributed by atoms with van der Waals surface area (Å²) >= 11 is 0. The highest BCUT2D eigenvalue weighted by molar-refractivity contribution is 4.90. The second-order valence-corrected chi connectivity index (χ2v) is 4.59. The van der Waals surface area contributed by atoms with Gasteiger partial charge in [-0.1, -0.05) is 0 Å². The van der Waals surface area contributed by atoms with Crippen LogP contribution in [0.5, 0.6) is 0 Å². The molecule has 0 saturated carbocycles. The number of hydrogen-bond donors (Lipinski definition) is 0. The highest BCUT2D eigenvalue weighted by atomic mass is 19.4. The summed E-state index contributed by atoms with van der Waals surface area (Å²) in [7, 11) is 0. The Morgan fingerprint density at radius 2 is 1.70 bits per heavy atom. The highest BCUT2D eigenvalue weighted by Crippen LogP contribution is 2.48. The number of alkyl halides is 7. The number of rotatable bonds is 7. The molecule has 120 valence electrons. The van der Waals surface area contributed by atoms with Gasteiger partial charge >= 0.3 is 18.0 Å². The van der Waals surface area contributed by atoms with Crippen LogP contribution in [0.1, 0.15) is 25.7 Å². The molecule has 0 spiro atoms. The molecule has 0 N–H and O–H groups in total. The SMILES string of the molecule is FC(F)(F)C(F)(F)C(F)(F)CCCOCC1CCCO1. The fourth-order valence-electron chi connectivity index (χ4n) is 1.75. The number of ether oxygens (including phenoxy) is 2. The van der Waals surface area contributed by atoms with Gasteiger partial charge in [-0.3, -0.25) is 0 Å². The Kier molecular flexibility index (Phi) is 5.65. The predicted octanol–water partition coefficient (Wildman–Crippen LogP) is 3.80. The van der Waals surface area contributed by atoms with Gasteiger partial charge < -0.3 is 9.47 Å². The van der Waals surface area contributed by atoms with E-state index >= 15 is 0 Å². The van der Waals surface area contributed by atoms with E-state index in [1.165, 1.54) is 0 Å². The van der Waals surface area contributed by atoms with Crippen molar-refractivity contribution in [3.8, 4) is 0 Å². The molecule has 0 aromatic rings. The lowest BCUT2D eigenvalue weighted by atomic mass is 10.1. The summed E-state index contributed by atoms with van der Waals surface area (Å²) in [4.78, 5) is 0. The molecule has 1 aliphatic heterocycles. The van der Waals surface area contributed by atoms with Crippen LogP contribution in [0.3, 0.4) is 0 Å². The predicted molar refractivity (Wildman–Crippen MR) is 55.0 cm³/mol. The van der Waals surface area contributed by atoms with Crippen LogP contribution in [0, 0.1) is 0 Å². The first-order valence-electron chi connectivity index (χ1n) is 6.09. The van der Waals surface area contributed by atoms with Gasteiger partial charge in [-0.05, 0) is 19.3 Å². The molecule has 1 saturated heterocycles. The first-order chi connectivity index (χ1) is 9.08. The molecule has 0 aromatic carbocycles. The van der Waals surface area contributed by atoms with Crippen molar-refractivity contribution in [1.29, 1.82) is 0 Å². The third-order valence-electron chi connectivity index (χ3n) is 2.92. The Labute approximate surface area is 111 Å². The number of hydrogen-bond acceptors (Lipinski definition) is 2. The van der Waals surface area contributed by atoms with E-state index < -0.39 is 30.9 Å². The molecule has 0 amide bonds. The van der Waals surface area contributed by atoms with Gasteiger partial charge in [0.1, 0.15) is 0 Å². The summed E-state index contributed by atoms with van der Waals surface area (Å²) in [6, 6.07) is 0. The third-order valence-corrected chi connectivity index (χ3v) is 2.92. The van der Waals surface area contributed by atoms with Gasteiger partial charge in [0.15, 0.2) is 0 Å². The minimum absolute atomic E-state index is 0.126.